The van der Waals surface area contributed by atoms with Gasteiger partial charge in [-0.25, -0.2) is 5.43 Å². The Kier molecular flexibility index (Phi) is 6.13. The minimum absolute atomic E-state index is 0.176. The van der Waals surface area contributed by atoms with Crippen LogP contribution in [0.25, 0.3) is 0 Å². The number of hydrazone groups is 1. The van der Waals surface area contributed by atoms with Crippen LogP contribution in [0.1, 0.15) is 42.0 Å². The van der Waals surface area contributed by atoms with Crippen molar-refractivity contribution >= 4 is 17.8 Å². The number of rotatable bonds is 6. The zero-order valence-corrected chi connectivity index (χ0v) is 14.8. The molecule has 0 unspecified atom stereocenters. The van der Waals surface area contributed by atoms with Gasteiger partial charge in [0.2, 0.25) is 0 Å². The van der Waals surface area contributed by atoms with Crippen molar-refractivity contribution in [3.63, 3.8) is 0 Å². The Morgan fingerprint density at radius 1 is 1.12 bits per heavy atom. The summed E-state index contributed by atoms with van der Waals surface area (Å²) in [5.41, 5.74) is 8.07. The fourth-order valence-electron chi connectivity index (χ4n) is 2.37. The maximum absolute atomic E-state index is 11.8. The van der Waals surface area contributed by atoms with Crippen LogP contribution in [0.4, 0.5) is 5.69 Å². The molecule has 0 radical (unpaired) electrons. The van der Waals surface area contributed by atoms with Crippen molar-refractivity contribution in [1.29, 1.82) is 0 Å². The Bertz CT molecular complexity index is 718. The number of carbonyl (C=O) groups excluding carboxylic acids is 1. The third-order valence-corrected chi connectivity index (χ3v) is 3.83. The summed E-state index contributed by atoms with van der Waals surface area (Å²) >= 11 is 0. The van der Waals surface area contributed by atoms with E-state index in [-0.39, 0.29) is 12.5 Å². The second-order valence-corrected chi connectivity index (χ2v) is 6.29. The smallest absolute Gasteiger partial charge is 0.259 e. The normalized spacial score (nSPS) is 11.0. The van der Waals surface area contributed by atoms with Gasteiger partial charge in [-0.05, 0) is 42.5 Å². The average Bonchev–Trinajstić information content (AvgIpc) is 2.54. The minimum atomic E-state index is -0.176. The highest BCUT2D eigenvalue weighted by atomic mass is 16.2. The van der Waals surface area contributed by atoms with Gasteiger partial charge in [-0.1, -0.05) is 55.8 Å². The van der Waals surface area contributed by atoms with Crippen molar-refractivity contribution in [3.8, 4) is 0 Å². The van der Waals surface area contributed by atoms with E-state index in [1.54, 1.807) is 6.21 Å². The number of nitrogens with zero attached hydrogens (tertiary/aromatic N) is 1. The molecular formula is C20H25N3O. The van der Waals surface area contributed by atoms with Gasteiger partial charge in [0.05, 0.1) is 12.8 Å². The largest absolute Gasteiger partial charge is 0.376 e. The van der Waals surface area contributed by atoms with E-state index in [1.807, 2.05) is 38.1 Å². The summed E-state index contributed by atoms with van der Waals surface area (Å²) in [6.45, 7) is 8.57. The van der Waals surface area contributed by atoms with Crippen molar-refractivity contribution in [2.24, 2.45) is 5.10 Å². The number of hydrogen-bond acceptors (Lipinski definition) is 3. The maximum atomic E-state index is 11.8. The van der Waals surface area contributed by atoms with E-state index in [4.69, 9.17) is 0 Å². The monoisotopic (exact) mass is 323 g/mol. The molecular weight excluding hydrogens is 298 g/mol. The van der Waals surface area contributed by atoms with Crippen molar-refractivity contribution in [2.45, 2.75) is 33.6 Å². The molecule has 2 N–H and O–H groups in total. The Balaban J connectivity index is 1.82. The van der Waals surface area contributed by atoms with Gasteiger partial charge in [0.15, 0.2) is 0 Å². The van der Waals surface area contributed by atoms with Crippen LogP contribution >= 0.6 is 0 Å². The lowest BCUT2D eigenvalue weighted by atomic mass is 10.0. The van der Waals surface area contributed by atoms with Gasteiger partial charge in [-0.3, -0.25) is 4.79 Å². The molecule has 0 saturated heterocycles. The summed E-state index contributed by atoms with van der Waals surface area (Å²) in [4.78, 5) is 11.8. The molecule has 0 bridgehead atoms. The lowest BCUT2D eigenvalue weighted by Crippen LogP contribution is -2.26. The van der Waals surface area contributed by atoms with Gasteiger partial charge >= 0.3 is 0 Å². The van der Waals surface area contributed by atoms with Crippen LogP contribution < -0.4 is 10.7 Å². The molecule has 126 valence electrons. The lowest BCUT2D eigenvalue weighted by Gasteiger charge is -2.09. The van der Waals surface area contributed by atoms with Gasteiger partial charge in [0.25, 0.3) is 5.91 Å². The molecule has 2 aromatic carbocycles. The molecule has 4 nitrogen and oxygen atoms in total. The van der Waals surface area contributed by atoms with Gasteiger partial charge in [-0.15, -0.1) is 0 Å². The Hall–Kier alpha value is -2.62. The summed E-state index contributed by atoms with van der Waals surface area (Å²) in [6.07, 6.45) is 1.65. The molecule has 0 spiro atoms. The maximum Gasteiger partial charge on any atom is 0.259 e. The second kappa shape index (κ2) is 8.29. The molecule has 24 heavy (non-hydrogen) atoms. The van der Waals surface area contributed by atoms with E-state index in [1.165, 1.54) is 11.1 Å². The molecule has 0 fully saturated rings. The topological polar surface area (TPSA) is 53.5 Å². The van der Waals surface area contributed by atoms with Crippen LogP contribution in [0, 0.1) is 13.8 Å². The van der Waals surface area contributed by atoms with E-state index < -0.39 is 0 Å². The Labute approximate surface area is 144 Å². The number of nitrogens with one attached hydrogen (secondary N) is 2. The molecule has 0 aliphatic rings. The Morgan fingerprint density at radius 2 is 1.83 bits per heavy atom. The first-order chi connectivity index (χ1) is 11.5. The van der Waals surface area contributed by atoms with Gasteiger partial charge in [0.1, 0.15) is 0 Å². The van der Waals surface area contributed by atoms with Crippen LogP contribution in [0.5, 0.6) is 0 Å². The van der Waals surface area contributed by atoms with Crippen LogP contribution in [0.3, 0.4) is 0 Å². The number of hydrogen-bond donors (Lipinski definition) is 2. The predicted octanol–water partition coefficient (Wildman–Crippen LogP) is 3.99. The first kappa shape index (κ1) is 17.7. The molecule has 0 atom stereocenters. The van der Waals surface area contributed by atoms with Crippen molar-refractivity contribution in [3.05, 3.63) is 64.7 Å². The standard InChI is InChI=1S/C20H25N3O/c1-14(2)18-8-6-17(7-9-18)12-22-23-20(24)13-21-19-10-5-15(3)11-16(19)4/h5-12,14,21H,13H2,1-4H3,(H,23,24)/b22-12-. The molecule has 4 heteroatoms. The first-order valence-corrected chi connectivity index (χ1v) is 8.18. The van der Waals surface area contributed by atoms with Crippen molar-refractivity contribution < 1.29 is 4.79 Å². The third-order valence-electron chi connectivity index (χ3n) is 3.83. The molecule has 0 aliphatic carbocycles. The summed E-state index contributed by atoms with van der Waals surface area (Å²) in [7, 11) is 0. The molecule has 0 heterocycles. The van der Waals surface area contributed by atoms with Crippen LogP contribution in [-0.2, 0) is 4.79 Å². The van der Waals surface area contributed by atoms with E-state index in [0.717, 1.165) is 16.8 Å². The summed E-state index contributed by atoms with van der Waals surface area (Å²) in [6, 6.07) is 14.2. The van der Waals surface area contributed by atoms with Gasteiger partial charge in [-0.2, -0.15) is 5.10 Å². The first-order valence-electron chi connectivity index (χ1n) is 8.18. The molecule has 0 aromatic heterocycles. The number of benzene rings is 2. The van der Waals surface area contributed by atoms with Gasteiger partial charge < -0.3 is 5.32 Å². The fourth-order valence-corrected chi connectivity index (χ4v) is 2.37. The number of aryl methyl sites for hydroxylation is 2. The van der Waals surface area contributed by atoms with Crippen molar-refractivity contribution in [1.82, 2.24) is 5.43 Å². The lowest BCUT2D eigenvalue weighted by molar-refractivity contribution is -0.119. The van der Waals surface area contributed by atoms with E-state index in [9.17, 15) is 4.79 Å². The zero-order valence-electron chi connectivity index (χ0n) is 14.8. The molecule has 1 amide bonds. The quantitative estimate of drug-likeness (QED) is 0.624. The highest BCUT2D eigenvalue weighted by Crippen LogP contribution is 2.15. The predicted molar refractivity (Wildman–Crippen MR) is 101 cm³/mol. The molecule has 2 rings (SSSR count). The average molecular weight is 323 g/mol. The number of amides is 1. The minimum Gasteiger partial charge on any atom is -0.376 e. The van der Waals surface area contributed by atoms with E-state index in [2.05, 4.69) is 47.9 Å². The summed E-state index contributed by atoms with van der Waals surface area (Å²) in [5, 5.41) is 7.12. The SMILES string of the molecule is Cc1ccc(NCC(=O)N/N=C\c2ccc(C(C)C)cc2)c(C)c1. The highest BCUT2D eigenvalue weighted by Gasteiger charge is 2.02. The van der Waals surface area contributed by atoms with Crippen LogP contribution in [-0.4, -0.2) is 18.7 Å². The molecule has 0 aliphatic heterocycles. The van der Waals surface area contributed by atoms with Crippen molar-refractivity contribution in [2.75, 3.05) is 11.9 Å². The van der Waals surface area contributed by atoms with Gasteiger partial charge in [0, 0.05) is 5.69 Å². The van der Waals surface area contributed by atoms with E-state index >= 15 is 0 Å². The number of anilines is 1. The Morgan fingerprint density at radius 3 is 2.46 bits per heavy atom. The molecule has 2 aromatic rings. The molecule has 0 saturated carbocycles. The van der Waals surface area contributed by atoms with Crippen LogP contribution in [0.2, 0.25) is 0 Å². The summed E-state index contributed by atoms with van der Waals surface area (Å²) in [5.74, 6) is 0.331. The number of carbonyl (C=O) groups is 1. The zero-order chi connectivity index (χ0) is 17.5. The highest BCUT2D eigenvalue weighted by molar-refractivity contribution is 5.84. The third kappa shape index (κ3) is 5.23. The summed E-state index contributed by atoms with van der Waals surface area (Å²) < 4.78 is 0. The second-order valence-electron chi connectivity index (χ2n) is 6.29. The van der Waals surface area contributed by atoms with E-state index in [0.29, 0.717) is 5.92 Å². The fraction of sp³-hybridized carbons (Fsp3) is 0.300. The van der Waals surface area contributed by atoms with Crippen LogP contribution in [0.15, 0.2) is 47.6 Å².